The summed E-state index contributed by atoms with van der Waals surface area (Å²) in [5.74, 6) is 0.0849. The number of methoxy groups -OCH3 is 1. The van der Waals surface area contributed by atoms with Crippen LogP contribution in [0.5, 0.6) is 5.75 Å². The van der Waals surface area contributed by atoms with E-state index >= 15 is 0 Å². The number of anilines is 1. The lowest BCUT2D eigenvalue weighted by atomic mass is 10.2. The zero-order valence-corrected chi connectivity index (χ0v) is 11.2. The maximum atomic E-state index is 11.4. The summed E-state index contributed by atoms with van der Waals surface area (Å²) >= 11 is 0. The van der Waals surface area contributed by atoms with Gasteiger partial charge < -0.3 is 19.9 Å². The smallest absolute Gasteiger partial charge is 0.337 e. The second-order valence-corrected chi connectivity index (χ2v) is 4.70. The number of benzene rings is 1. The molecule has 1 fully saturated rings. The number of carbonyl (C=O) groups excluding carboxylic acids is 1. The highest BCUT2D eigenvalue weighted by Crippen LogP contribution is 2.25. The standard InChI is InChI=1S/C14H19NO4/c1-9-3-5-11(19-9)8-18-13-7-10(14(16)17-2)4-6-12(13)15/h4,6-7,9,11H,3,5,8,15H2,1-2H3. The molecule has 1 aromatic rings. The lowest BCUT2D eigenvalue weighted by molar-refractivity contribution is 0.0266. The molecule has 0 amide bonds. The van der Waals surface area contributed by atoms with Crippen molar-refractivity contribution in [2.24, 2.45) is 0 Å². The molecule has 104 valence electrons. The Labute approximate surface area is 112 Å². The second kappa shape index (κ2) is 5.93. The van der Waals surface area contributed by atoms with Crippen LogP contribution in [0.1, 0.15) is 30.1 Å². The van der Waals surface area contributed by atoms with Crippen molar-refractivity contribution in [3.63, 3.8) is 0 Å². The zero-order chi connectivity index (χ0) is 13.8. The molecule has 19 heavy (non-hydrogen) atoms. The fourth-order valence-corrected chi connectivity index (χ4v) is 2.09. The highest BCUT2D eigenvalue weighted by atomic mass is 16.5. The number of hydrogen-bond donors (Lipinski definition) is 1. The number of hydrogen-bond acceptors (Lipinski definition) is 5. The van der Waals surface area contributed by atoms with Crippen molar-refractivity contribution in [3.8, 4) is 5.75 Å². The van der Waals surface area contributed by atoms with Crippen LogP contribution in [-0.2, 0) is 9.47 Å². The number of nitrogen functional groups attached to an aromatic ring is 1. The van der Waals surface area contributed by atoms with Gasteiger partial charge in [-0.25, -0.2) is 4.79 Å². The highest BCUT2D eigenvalue weighted by molar-refractivity contribution is 5.90. The molecule has 0 bridgehead atoms. The number of rotatable bonds is 4. The molecule has 0 saturated carbocycles. The quantitative estimate of drug-likeness (QED) is 0.666. The molecule has 2 atom stereocenters. The molecule has 2 rings (SSSR count). The van der Waals surface area contributed by atoms with Crippen molar-refractivity contribution in [1.29, 1.82) is 0 Å². The summed E-state index contributed by atoms with van der Waals surface area (Å²) in [7, 11) is 1.34. The largest absolute Gasteiger partial charge is 0.489 e. The molecule has 1 aliphatic rings. The van der Waals surface area contributed by atoms with Gasteiger partial charge in [-0.05, 0) is 38.0 Å². The molecule has 5 heteroatoms. The first-order chi connectivity index (χ1) is 9.10. The van der Waals surface area contributed by atoms with Crippen molar-refractivity contribution in [1.82, 2.24) is 0 Å². The minimum Gasteiger partial charge on any atom is -0.489 e. The van der Waals surface area contributed by atoms with Crippen LogP contribution < -0.4 is 10.5 Å². The van der Waals surface area contributed by atoms with Gasteiger partial charge in [-0.15, -0.1) is 0 Å². The van der Waals surface area contributed by atoms with Crippen LogP contribution >= 0.6 is 0 Å². The van der Waals surface area contributed by atoms with E-state index in [0.717, 1.165) is 12.8 Å². The lowest BCUT2D eigenvalue weighted by Crippen LogP contribution is -2.18. The minimum atomic E-state index is -0.407. The van der Waals surface area contributed by atoms with Gasteiger partial charge in [0.25, 0.3) is 0 Å². The molecule has 0 spiro atoms. The van der Waals surface area contributed by atoms with E-state index in [1.165, 1.54) is 7.11 Å². The Bertz CT molecular complexity index is 461. The van der Waals surface area contributed by atoms with E-state index in [-0.39, 0.29) is 12.2 Å². The summed E-state index contributed by atoms with van der Waals surface area (Å²) in [6.45, 7) is 2.49. The number of ether oxygens (including phenoxy) is 3. The van der Waals surface area contributed by atoms with Crippen LogP contribution in [0.15, 0.2) is 18.2 Å². The molecular weight excluding hydrogens is 246 g/mol. The second-order valence-electron chi connectivity index (χ2n) is 4.70. The maximum Gasteiger partial charge on any atom is 0.337 e. The van der Waals surface area contributed by atoms with E-state index in [1.54, 1.807) is 18.2 Å². The van der Waals surface area contributed by atoms with E-state index < -0.39 is 5.97 Å². The molecule has 1 aliphatic heterocycles. The van der Waals surface area contributed by atoms with Crippen LogP contribution in [0.4, 0.5) is 5.69 Å². The summed E-state index contributed by atoms with van der Waals surface area (Å²) in [6, 6.07) is 4.85. The molecule has 1 heterocycles. The van der Waals surface area contributed by atoms with Crippen LogP contribution in [0.2, 0.25) is 0 Å². The van der Waals surface area contributed by atoms with Crippen LogP contribution in [0, 0.1) is 0 Å². The lowest BCUT2D eigenvalue weighted by Gasteiger charge is -2.14. The van der Waals surface area contributed by atoms with Gasteiger partial charge in [-0.2, -0.15) is 0 Å². The van der Waals surface area contributed by atoms with Gasteiger partial charge in [0.15, 0.2) is 0 Å². The van der Waals surface area contributed by atoms with E-state index in [2.05, 4.69) is 4.74 Å². The SMILES string of the molecule is COC(=O)c1ccc(N)c(OCC2CCC(C)O2)c1. The Kier molecular flexibility index (Phi) is 4.27. The van der Waals surface area contributed by atoms with Gasteiger partial charge >= 0.3 is 5.97 Å². The summed E-state index contributed by atoms with van der Waals surface area (Å²) < 4.78 is 16.0. The van der Waals surface area contributed by atoms with Gasteiger partial charge in [-0.3, -0.25) is 0 Å². The molecule has 0 aromatic heterocycles. The third-order valence-corrected chi connectivity index (χ3v) is 3.18. The van der Waals surface area contributed by atoms with E-state index in [9.17, 15) is 4.79 Å². The fraction of sp³-hybridized carbons (Fsp3) is 0.500. The summed E-state index contributed by atoms with van der Waals surface area (Å²) in [5, 5.41) is 0. The predicted molar refractivity (Wildman–Crippen MR) is 71.3 cm³/mol. The average Bonchev–Trinajstić information content (AvgIpc) is 2.82. The zero-order valence-electron chi connectivity index (χ0n) is 11.2. The van der Waals surface area contributed by atoms with Crippen LogP contribution in [0.25, 0.3) is 0 Å². The topological polar surface area (TPSA) is 70.8 Å². The predicted octanol–water partition coefficient (Wildman–Crippen LogP) is 2.00. The summed E-state index contributed by atoms with van der Waals surface area (Å²) in [5.41, 5.74) is 6.75. The van der Waals surface area contributed by atoms with Gasteiger partial charge in [0.1, 0.15) is 12.4 Å². The van der Waals surface area contributed by atoms with Gasteiger partial charge in [0, 0.05) is 0 Å². The average molecular weight is 265 g/mol. The fourth-order valence-electron chi connectivity index (χ4n) is 2.09. The van der Waals surface area contributed by atoms with Crippen molar-refractivity contribution in [2.45, 2.75) is 32.0 Å². The number of esters is 1. The molecule has 0 aliphatic carbocycles. The molecule has 1 saturated heterocycles. The molecule has 2 N–H and O–H groups in total. The highest BCUT2D eigenvalue weighted by Gasteiger charge is 2.22. The Morgan fingerprint density at radius 3 is 2.89 bits per heavy atom. The first-order valence-corrected chi connectivity index (χ1v) is 6.36. The first kappa shape index (κ1) is 13.7. The van der Waals surface area contributed by atoms with Crippen molar-refractivity contribution < 1.29 is 19.0 Å². The molecule has 5 nitrogen and oxygen atoms in total. The van der Waals surface area contributed by atoms with Crippen molar-refractivity contribution in [3.05, 3.63) is 23.8 Å². The van der Waals surface area contributed by atoms with E-state index in [0.29, 0.717) is 23.6 Å². The minimum absolute atomic E-state index is 0.0937. The van der Waals surface area contributed by atoms with Crippen molar-refractivity contribution >= 4 is 11.7 Å². The van der Waals surface area contributed by atoms with Gasteiger partial charge in [-0.1, -0.05) is 0 Å². The summed E-state index contributed by atoms with van der Waals surface area (Å²) in [6.07, 6.45) is 2.41. The Balaban J connectivity index is 2.00. The summed E-state index contributed by atoms with van der Waals surface area (Å²) in [4.78, 5) is 11.4. The molecule has 1 aromatic carbocycles. The third kappa shape index (κ3) is 3.38. The van der Waals surface area contributed by atoms with Crippen LogP contribution in [0.3, 0.4) is 0 Å². The first-order valence-electron chi connectivity index (χ1n) is 6.36. The maximum absolute atomic E-state index is 11.4. The number of carbonyl (C=O) groups is 1. The number of nitrogens with two attached hydrogens (primary N) is 1. The third-order valence-electron chi connectivity index (χ3n) is 3.18. The molecular formula is C14H19NO4. The Morgan fingerprint density at radius 1 is 1.47 bits per heavy atom. The van der Waals surface area contributed by atoms with Gasteiger partial charge in [0.2, 0.25) is 0 Å². The Hall–Kier alpha value is -1.75. The normalized spacial score (nSPS) is 22.2. The van der Waals surface area contributed by atoms with Gasteiger partial charge in [0.05, 0.1) is 30.6 Å². The van der Waals surface area contributed by atoms with E-state index in [4.69, 9.17) is 15.2 Å². The van der Waals surface area contributed by atoms with Crippen molar-refractivity contribution in [2.75, 3.05) is 19.5 Å². The van der Waals surface area contributed by atoms with Crippen LogP contribution in [-0.4, -0.2) is 31.9 Å². The Morgan fingerprint density at radius 2 is 2.26 bits per heavy atom. The molecule has 0 radical (unpaired) electrons. The monoisotopic (exact) mass is 265 g/mol. The van der Waals surface area contributed by atoms with E-state index in [1.807, 2.05) is 6.92 Å². The molecule has 2 unspecified atom stereocenters.